The van der Waals surface area contributed by atoms with Crippen molar-refractivity contribution in [2.75, 3.05) is 0 Å². The fourth-order valence-electron chi connectivity index (χ4n) is 2.17. The summed E-state index contributed by atoms with van der Waals surface area (Å²) < 4.78 is 5.69. The maximum absolute atomic E-state index is 11.6. The van der Waals surface area contributed by atoms with Crippen molar-refractivity contribution >= 4 is 5.78 Å². The standard InChI is InChI=1S/C10H14O2/c1-5-4-8-6(2)9(11)7(3)10(5)12-8/h4,6-8,10H,1-3H3/t6-,7-,8-,10+/m1/s1. The summed E-state index contributed by atoms with van der Waals surface area (Å²) in [5, 5.41) is 0. The van der Waals surface area contributed by atoms with Crippen LogP contribution >= 0.6 is 0 Å². The molecule has 0 aromatic carbocycles. The molecule has 0 aromatic heterocycles. The van der Waals surface area contributed by atoms with E-state index in [1.54, 1.807) is 0 Å². The molecule has 2 heterocycles. The maximum atomic E-state index is 11.6. The minimum atomic E-state index is 0.0497. The molecular formula is C10H14O2. The van der Waals surface area contributed by atoms with Crippen LogP contribution in [0.1, 0.15) is 20.8 Å². The Morgan fingerprint density at radius 1 is 1.33 bits per heavy atom. The molecule has 2 nitrogen and oxygen atoms in total. The first-order valence-corrected chi connectivity index (χ1v) is 4.48. The molecule has 2 rings (SSSR count). The summed E-state index contributed by atoms with van der Waals surface area (Å²) in [5.41, 5.74) is 1.23. The van der Waals surface area contributed by atoms with E-state index < -0.39 is 0 Å². The molecule has 1 fully saturated rings. The summed E-state index contributed by atoms with van der Waals surface area (Å²) in [6.07, 6.45) is 2.22. The van der Waals surface area contributed by atoms with Crippen LogP contribution in [0.15, 0.2) is 11.6 Å². The summed E-state index contributed by atoms with van der Waals surface area (Å²) >= 11 is 0. The SMILES string of the molecule is CC1=C[C@H]2O[C@@H]1[C@H](C)C(=O)[C@@H]2C. The highest BCUT2D eigenvalue weighted by molar-refractivity contribution is 5.86. The molecule has 4 atom stereocenters. The average molecular weight is 166 g/mol. The third-order valence-electron chi connectivity index (χ3n) is 3.02. The van der Waals surface area contributed by atoms with Crippen molar-refractivity contribution in [3.8, 4) is 0 Å². The molecule has 0 aromatic rings. The lowest BCUT2D eigenvalue weighted by atomic mass is 9.87. The highest BCUT2D eigenvalue weighted by Gasteiger charge is 2.43. The normalized spacial score (nSPS) is 46.2. The molecule has 0 spiro atoms. The van der Waals surface area contributed by atoms with Gasteiger partial charge in [-0.3, -0.25) is 4.79 Å². The number of fused-ring (bicyclic) bond motifs is 2. The quantitative estimate of drug-likeness (QED) is 0.510. The van der Waals surface area contributed by atoms with Crippen LogP contribution in [0, 0.1) is 11.8 Å². The van der Waals surface area contributed by atoms with E-state index in [2.05, 4.69) is 6.08 Å². The molecule has 0 amide bonds. The second kappa shape index (κ2) is 2.43. The van der Waals surface area contributed by atoms with Gasteiger partial charge in [0.15, 0.2) is 0 Å². The number of rotatable bonds is 0. The van der Waals surface area contributed by atoms with Crippen LogP contribution in [0.25, 0.3) is 0 Å². The van der Waals surface area contributed by atoms with Gasteiger partial charge in [-0.25, -0.2) is 0 Å². The summed E-state index contributed by atoms with van der Waals surface area (Å²) in [7, 11) is 0. The molecule has 0 unspecified atom stereocenters. The van der Waals surface area contributed by atoms with Crippen LogP contribution in [-0.2, 0) is 9.53 Å². The van der Waals surface area contributed by atoms with Gasteiger partial charge >= 0.3 is 0 Å². The Labute approximate surface area is 72.6 Å². The lowest BCUT2D eigenvalue weighted by Gasteiger charge is -2.31. The minimum Gasteiger partial charge on any atom is -0.365 e. The van der Waals surface area contributed by atoms with Crippen molar-refractivity contribution in [3.63, 3.8) is 0 Å². The fourth-order valence-corrected chi connectivity index (χ4v) is 2.17. The van der Waals surface area contributed by atoms with E-state index >= 15 is 0 Å². The third kappa shape index (κ3) is 0.876. The first kappa shape index (κ1) is 7.99. The first-order valence-electron chi connectivity index (χ1n) is 4.48. The first-order chi connectivity index (χ1) is 5.61. The number of hydrogen-bond donors (Lipinski definition) is 0. The number of carbonyl (C=O) groups is 1. The average Bonchev–Trinajstić information content (AvgIpc) is 2.39. The van der Waals surface area contributed by atoms with Gasteiger partial charge in [0.05, 0.1) is 12.2 Å². The Hall–Kier alpha value is -0.630. The monoisotopic (exact) mass is 166 g/mol. The van der Waals surface area contributed by atoms with E-state index in [0.29, 0.717) is 5.78 Å². The van der Waals surface area contributed by atoms with Crippen LogP contribution < -0.4 is 0 Å². The summed E-state index contributed by atoms with van der Waals surface area (Å²) in [6, 6.07) is 0. The van der Waals surface area contributed by atoms with E-state index in [1.165, 1.54) is 5.57 Å². The molecular weight excluding hydrogens is 152 g/mol. The molecule has 2 aliphatic heterocycles. The number of carbonyl (C=O) groups excluding carboxylic acids is 1. The van der Waals surface area contributed by atoms with Crippen molar-refractivity contribution in [2.45, 2.75) is 33.0 Å². The number of ketones is 1. The molecule has 0 N–H and O–H groups in total. The molecule has 66 valence electrons. The van der Waals surface area contributed by atoms with E-state index in [4.69, 9.17) is 4.74 Å². The van der Waals surface area contributed by atoms with Crippen molar-refractivity contribution in [1.29, 1.82) is 0 Å². The van der Waals surface area contributed by atoms with Gasteiger partial charge in [0.1, 0.15) is 5.78 Å². The predicted octanol–water partition coefficient (Wildman–Crippen LogP) is 1.55. The number of hydrogen-bond acceptors (Lipinski definition) is 2. The van der Waals surface area contributed by atoms with E-state index in [0.717, 1.165) is 0 Å². The summed E-state index contributed by atoms with van der Waals surface area (Å²) in [4.78, 5) is 11.6. The highest BCUT2D eigenvalue weighted by Crippen LogP contribution is 2.36. The summed E-state index contributed by atoms with van der Waals surface area (Å²) in [5.74, 6) is 0.452. The van der Waals surface area contributed by atoms with Crippen LogP contribution in [0.4, 0.5) is 0 Å². The van der Waals surface area contributed by atoms with Gasteiger partial charge in [0, 0.05) is 11.8 Å². The van der Waals surface area contributed by atoms with Crippen molar-refractivity contribution in [1.82, 2.24) is 0 Å². The summed E-state index contributed by atoms with van der Waals surface area (Å²) in [6.45, 7) is 5.96. The molecule has 1 saturated heterocycles. The molecule has 0 saturated carbocycles. The van der Waals surface area contributed by atoms with Gasteiger partial charge in [0.2, 0.25) is 0 Å². The number of Topliss-reactive ketones (excluding diaryl/α,β-unsaturated/α-hetero) is 1. The molecule has 2 bridgehead atoms. The number of ether oxygens (including phenoxy) is 1. The minimum absolute atomic E-state index is 0.0497. The van der Waals surface area contributed by atoms with Crippen LogP contribution in [0.5, 0.6) is 0 Å². The van der Waals surface area contributed by atoms with Crippen LogP contribution in [0.2, 0.25) is 0 Å². The van der Waals surface area contributed by atoms with Gasteiger partial charge in [-0.05, 0) is 12.5 Å². The van der Waals surface area contributed by atoms with Gasteiger partial charge in [-0.15, -0.1) is 0 Å². The molecule has 0 radical (unpaired) electrons. The predicted molar refractivity (Wildman–Crippen MR) is 45.8 cm³/mol. The zero-order valence-corrected chi connectivity index (χ0v) is 7.70. The lowest BCUT2D eigenvalue weighted by Crippen LogP contribution is -2.41. The zero-order valence-electron chi connectivity index (χ0n) is 7.70. The second-order valence-corrected chi connectivity index (χ2v) is 3.91. The maximum Gasteiger partial charge on any atom is 0.144 e. The highest BCUT2D eigenvalue weighted by atomic mass is 16.5. The van der Waals surface area contributed by atoms with E-state index in [9.17, 15) is 4.79 Å². The Morgan fingerprint density at radius 2 is 2.00 bits per heavy atom. The second-order valence-electron chi connectivity index (χ2n) is 3.91. The smallest absolute Gasteiger partial charge is 0.144 e. The Morgan fingerprint density at radius 3 is 2.67 bits per heavy atom. The largest absolute Gasteiger partial charge is 0.365 e. The van der Waals surface area contributed by atoms with E-state index in [1.807, 2.05) is 20.8 Å². The zero-order chi connectivity index (χ0) is 8.88. The van der Waals surface area contributed by atoms with Gasteiger partial charge in [-0.1, -0.05) is 19.9 Å². The lowest BCUT2D eigenvalue weighted by molar-refractivity contribution is -0.143. The van der Waals surface area contributed by atoms with Crippen molar-refractivity contribution < 1.29 is 9.53 Å². The molecule has 2 heteroatoms. The molecule has 0 aliphatic carbocycles. The molecule has 12 heavy (non-hydrogen) atoms. The van der Waals surface area contributed by atoms with Gasteiger partial charge in [0.25, 0.3) is 0 Å². The van der Waals surface area contributed by atoms with Crippen LogP contribution in [-0.4, -0.2) is 18.0 Å². The fraction of sp³-hybridized carbons (Fsp3) is 0.700. The molecule has 2 aliphatic rings. The third-order valence-corrected chi connectivity index (χ3v) is 3.02. The van der Waals surface area contributed by atoms with Crippen molar-refractivity contribution in [3.05, 3.63) is 11.6 Å². The van der Waals surface area contributed by atoms with Gasteiger partial charge < -0.3 is 4.74 Å². The Kier molecular flexibility index (Phi) is 1.62. The van der Waals surface area contributed by atoms with Crippen LogP contribution in [0.3, 0.4) is 0 Å². The Bertz CT molecular complexity index is 255. The Balaban J connectivity index is 2.34. The van der Waals surface area contributed by atoms with Crippen molar-refractivity contribution in [2.24, 2.45) is 11.8 Å². The van der Waals surface area contributed by atoms with Gasteiger partial charge in [-0.2, -0.15) is 0 Å². The van der Waals surface area contributed by atoms with E-state index in [-0.39, 0.29) is 24.0 Å². The topological polar surface area (TPSA) is 26.3 Å².